The number of hydrogen-bond donors (Lipinski definition) is 1. The van der Waals surface area contributed by atoms with Crippen LogP contribution in [0.3, 0.4) is 0 Å². The molecule has 116 valence electrons. The van der Waals surface area contributed by atoms with Crippen LogP contribution in [0.15, 0.2) is 59.2 Å². The molecule has 0 atom stereocenters. The minimum Gasteiger partial charge on any atom is -0.444 e. The van der Waals surface area contributed by atoms with Gasteiger partial charge in [-0.3, -0.25) is 4.79 Å². The maximum Gasteiger partial charge on any atom is 0.230 e. The van der Waals surface area contributed by atoms with E-state index in [1.54, 1.807) is 0 Å². The van der Waals surface area contributed by atoms with E-state index in [4.69, 9.17) is 16.0 Å². The Morgan fingerprint density at radius 1 is 1.22 bits per heavy atom. The second-order valence-corrected chi connectivity index (χ2v) is 5.30. The van der Waals surface area contributed by atoms with Crippen molar-refractivity contribution in [3.05, 3.63) is 71.3 Å². The lowest BCUT2D eigenvalue weighted by Crippen LogP contribution is -2.15. The van der Waals surface area contributed by atoms with E-state index in [2.05, 4.69) is 10.3 Å². The molecule has 1 heterocycles. The lowest BCUT2D eigenvalue weighted by molar-refractivity contribution is -0.115. The van der Waals surface area contributed by atoms with E-state index in [1.165, 1.54) is 24.5 Å². The van der Waals surface area contributed by atoms with Gasteiger partial charge in [-0.15, -0.1) is 0 Å². The summed E-state index contributed by atoms with van der Waals surface area (Å²) < 4.78 is 18.9. The molecular weight excluding hydrogens is 319 g/mol. The minimum absolute atomic E-state index is 0.0255. The number of aromatic nitrogens is 1. The first-order chi connectivity index (χ1) is 11.1. The number of carbonyl (C=O) groups excluding carboxylic acids is 1. The second kappa shape index (κ2) is 6.62. The van der Waals surface area contributed by atoms with Gasteiger partial charge in [0.1, 0.15) is 12.1 Å². The van der Waals surface area contributed by atoms with Crippen molar-refractivity contribution in [2.75, 3.05) is 5.32 Å². The fraction of sp³-hybridized carbons (Fsp3) is 0.0588. The average Bonchev–Trinajstić information content (AvgIpc) is 3.00. The largest absolute Gasteiger partial charge is 0.444 e. The number of carbonyl (C=O) groups is 1. The first kappa shape index (κ1) is 15.2. The van der Waals surface area contributed by atoms with Crippen LogP contribution in [-0.2, 0) is 11.2 Å². The minimum atomic E-state index is -0.548. The SMILES string of the molecule is O=C(Cc1coc(-c2ccccc2)n1)Nc1cc(Cl)ccc1F. The number of nitrogens with zero attached hydrogens (tertiary/aromatic N) is 1. The van der Waals surface area contributed by atoms with Crippen LogP contribution in [0.25, 0.3) is 11.5 Å². The van der Waals surface area contributed by atoms with E-state index < -0.39 is 11.7 Å². The lowest BCUT2D eigenvalue weighted by Gasteiger charge is -2.05. The first-order valence-corrected chi connectivity index (χ1v) is 7.24. The van der Waals surface area contributed by atoms with Crippen LogP contribution in [0.1, 0.15) is 5.69 Å². The van der Waals surface area contributed by atoms with Gasteiger partial charge >= 0.3 is 0 Å². The molecule has 0 spiro atoms. The predicted octanol–water partition coefficient (Wildman–Crippen LogP) is 4.32. The van der Waals surface area contributed by atoms with E-state index >= 15 is 0 Å². The number of halogens is 2. The van der Waals surface area contributed by atoms with Gasteiger partial charge in [0.25, 0.3) is 0 Å². The monoisotopic (exact) mass is 330 g/mol. The van der Waals surface area contributed by atoms with Gasteiger partial charge in [0, 0.05) is 10.6 Å². The fourth-order valence-corrected chi connectivity index (χ4v) is 2.23. The van der Waals surface area contributed by atoms with Gasteiger partial charge in [-0.05, 0) is 30.3 Å². The molecule has 3 rings (SSSR count). The van der Waals surface area contributed by atoms with Crippen LogP contribution >= 0.6 is 11.6 Å². The molecule has 6 heteroatoms. The highest BCUT2D eigenvalue weighted by molar-refractivity contribution is 6.30. The van der Waals surface area contributed by atoms with Gasteiger partial charge in [0.05, 0.1) is 17.8 Å². The van der Waals surface area contributed by atoms with Crippen molar-refractivity contribution < 1.29 is 13.6 Å². The van der Waals surface area contributed by atoms with Crippen molar-refractivity contribution in [3.63, 3.8) is 0 Å². The average molecular weight is 331 g/mol. The molecule has 1 N–H and O–H groups in total. The van der Waals surface area contributed by atoms with Gasteiger partial charge in [-0.25, -0.2) is 9.37 Å². The van der Waals surface area contributed by atoms with Crippen molar-refractivity contribution in [2.45, 2.75) is 6.42 Å². The number of hydrogen-bond acceptors (Lipinski definition) is 3. The third-order valence-corrected chi connectivity index (χ3v) is 3.35. The van der Waals surface area contributed by atoms with Gasteiger partial charge in [-0.2, -0.15) is 0 Å². The summed E-state index contributed by atoms with van der Waals surface area (Å²) in [5, 5.41) is 2.81. The van der Waals surface area contributed by atoms with Gasteiger partial charge in [-0.1, -0.05) is 29.8 Å². The zero-order chi connectivity index (χ0) is 16.2. The van der Waals surface area contributed by atoms with Crippen LogP contribution in [0.2, 0.25) is 5.02 Å². The Kier molecular flexibility index (Phi) is 4.39. The zero-order valence-electron chi connectivity index (χ0n) is 11.9. The van der Waals surface area contributed by atoms with Crippen LogP contribution in [0.4, 0.5) is 10.1 Å². The quantitative estimate of drug-likeness (QED) is 0.775. The molecule has 3 aromatic rings. The molecule has 0 bridgehead atoms. The number of oxazole rings is 1. The number of nitrogens with one attached hydrogen (secondary N) is 1. The molecule has 1 aromatic heterocycles. The molecule has 0 radical (unpaired) electrons. The molecule has 0 aliphatic rings. The summed E-state index contributed by atoms with van der Waals surface area (Å²) in [4.78, 5) is 16.2. The van der Waals surface area contributed by atoms with E-state index in [0.29, 0.717) is 16.6 Å². The maximum absolute atomic E-state index is 13.6. The number of benzene rings is 2. The van der Waals surface area contributed by atoms with E-state index in [0.717, 1.165) is 5.56 Å². The summed E-state index contributed by atoms with van der Waals surface area (Å²) >= 11 is 5.79. The second-order valence-electron chi connectivity index (χ2n) is 4.86. The topological polar surface area (TPSA) is 55.1 Å². The van der Waals surface area contributed by atoms with Crippen LogP contribution in [0.5, 0.6) is 0 Å². The molecule has 23 heavy (non-hydrogen) atoms. The first-order valence-electron chi connectivity index (χ1n) is 6.86. The summed E-state index contributed by atoms with van der Waals surface area (Å²) in [6.45, 7) is 0. The molecule has 0 aliphatic heterocycles. The highest BCUT2D eigenvalue weighted by Crippen LogP contribution is 2.21. The Morgan fingerprint density at radius 2 is 2.00 bits per heavy atom. The third kappa shape index (κ3) is 3.76. The lowest BCUT2D eigenvalue weighted by atomic mass is 10.2. The Morgan fingerprint density at radius 3 is 2.78 bits per heavy atom. The molecule has 4 nitrogen and oxygen atoms in total. The third-order valence-electron chi connectivity index (χ3n) is 3.12. The van der Waals surface area contributed by atoms with Gasteiger partial charge in [0.2, 0.25) is 11.8 Å². The van der Waals surface area contributed by atoms with Crippen LogP contribution < -0.4 is 5.32 Å². The van der Waals surface area contributed by atoms with E-state index in [1.807, 2.05) is 30.3 Å². The molecule has 0 saturated carbocycles. The van der Waals surface area contributed by atoms with E-state index in [9.17, 15) is 9.18 Å². The number of amides is 1. The van der Waals surface area contributed by atoms with E-state index in [-0.39, 0.29) is 12.1 Å². The Balaban J connectivity index is 1.69. The highest BCUT2D eigenvalue weighted by atomic mass is 35.5. The fourth-order valence-electron chi connectivity index (χ4n) is 2.05. The molecule has 1 amide bonds. The molecular formula is C17H12ClFN2O2. The number of rotatable bonds is 4. The normalized spacial score (nSPS) is 10.5. The molecule has 2 aromatic carbocycles. The maximum atomic E-state index is 13.6. The van der Waals surface area contributed by atoms with Crippen molar-refractivity contribution in [1.29, 1.82) is 0 Å². The van der Waals surface area contributed by atoms with Crippen LogP contribution in [0, 0.1) is 5.82 Å². The molecule has 0 unspecified atom stereocenters. The summed E-state index contributed by atoms with van der Waals surface area (Å²) in [5.74, 6) is -0.519. The van der Waals surface area contributed by atoms with Crippen molar-refractivity contribution in [1.82, 2.24) is 4.98 Å². The van der Waals surface area contributed by atoms with Crippen LogP contribution in [-0.4, -0.2) is 10.9 Å². The van der Waals surface area contributed by atoms with Crippen molar-refractivity contribution in [2.24, 2.45) is 0 Å². The Labute approximate surface area is 136 Å². The summed E-state index contributed by atoms with van der Waals surface area (Å²) in [7, 11) is 0. The van der Waals surface area contributed by atoms with Gasteiger partial charge < -0.3 is 9.73 Å². The Hall–Kier alpha value is -2.66. The highest BCUT2D eigenvalue weighted by Gasteiger charge is 2.12. The predicted molar refractivity (Wildman–Crippen MR) is 85.7 cm³/mol. The van der Waals surface area contributed by atoms with Gasteiger partial charge in [0.15, 0.2) is 0 Å². The summed E-state index contributed by atoms with van der Waals surface area (Å²) in [6, 6.07) is 13.3. The van der Waals surface area contributed by atoms with Crippen molar-refractivity contribution in [3.8, 4) is 11.5 Å². The van der Waals surface area contributed by atoms with Crippen molar-refractivity contribution >= 4 is 23.2 Å². The summed E-state index contributed by atoms with van der Waals surface area (Å²) in [6.07, 6.45) is 1.39. The molecule has 0 fully saturated rings. The Bertz CT molecular complexity index is 834. The number of anilines is 1. The zero-order valence-corrected chi connectivity index (χ0v) is 12.7. The molecule has 0 aliphatic carbocycles. The standard InChI is InChI=1S/C17H12ClFN2O2/c18-12-6-7-14(19)15(8-12)21-16(22)9-13-10-23-17(20-13)11-4-2-1-3-5-11/h1-8,10H,9H2,(H,21,22). The summed E-state index contributed by atoms with van der Waals surface area (Å²) in [5.41, 5.74) is 1.32. The molecule has 0 saturated heterocycles. The smallest absolute Gasteiger partial charge is 0.230 e.